The number of rotatable bonds is 7. The molecular weight excluding hydrogens is 208 g/mol. The minimum atomic E-state index is 0.464. The van der Waals surface area contributed by atoms with E-state index in [1.54, 1.807) is 0 Å². The summed E-state index contributed by atoms with van der Waals surface area (Å²) in [5.41, 5.74) is 1.40. The second-order valence-electron chi connectivity index (χ2n) is 4.62. The number of hydrogen-bond acceptors (Lipinski definition) is 2. The standard InChI is InChI=1S/C15H26N2/c1-5-14(6-2)17(4)15(12-16-3)13-10-8-7-9-11-13/h7-11,14-16H,5-6,12H2,1-4H3. The Labute approximate surface area is 106 Å². The van der Waals surface area contributed by atoms with Gasteiger partial charge in [-0.1, -0.05) is 44.2 Å². The Kier molecular flexibility index (Phi) is 6.23. The van der Waals surface area contributed by atoms with E-state index >= 15 is 0 Å². The minimum absolute atomic E-state index is 0.464. The molecule has 0 saturated carbocycles. The normalized spacial score (nSPS) is 13.3. The molecule has 1 rings (SSSR count). The van der Waals surface area contributed by atoms with Gasteiger partial charge in [-0.15, -0.1) is 0 Å². The molecule has 0 spiro atoms. The Morgan fingerprint density at radius 3 is 2.18 bits per heavy atom. The zero-order valence-electron chi connectivity index (χ0n) is 11.6. The zero-order valence-corrected chi connectivity index (χ0v) is 11.6. The predicted molar refractivity (Wildman–Crippen MR) is 75.2 cm³/mol. The van der Waals surface area contributed by atoms with Gasteiger partial charge in [-0.05, 0) is 32.5 Å². The number of benzene rings is 1. The summed E-state index contributed by atoms with van der Waals surface area (Å²) in [5.74, 6) is 0. The molecule has 2 heteroatoms. The average Bonchev–Trinajstić information content (AvgIpc) is 2.38. The molecule has 1 unspecified atom stereocenters. The van der Waals surface area contributed by atoms with Gasteiger partial charge in [0.1, 0.15) is 0 Å². The van der Waals surface area contributed by atoms with Gasteiger partial charge in [0.15, 0.2) is 0 Å². The van der Waals surface area contributed by atoms with Crippen molar-refractivity contribution in [3.63, 3.8) is 0 Å². The summed E-state index contributed by atoms with van der Waals surface area (Å²) in [6.45, 7) is 5.54. The van der Waals surface area contributed by atoms with Gasteiger partial charge in [-0.25, -0.2) is 0 Å². The van der Waals surface area contributed by atoms with Crippen LogP contribution in [0.3, 0.4) is 0 Å². The summed E-state index contributed by atoms with van der Waals surface area (Å²) < 4.78 is 0. The molecule has 0 heterocycles. The average molecular weight is 234 g/mol. The predicted octanol–water partition coefficient (Wildman–Crippen LogP) is 3.07. The highest BCUT2D eigenvalue weighted by Crippen LogP contribution is 2.22. The van der Waals surface area contributed by atoms with E-state index in [-0.39, 0.29) is 0 Å². The molecule has 1 aromatic rings. The third-order valence-corrected chi connectivity index (χ3v) is 3.59. The van der Waals surface area contributed by atoms with Gasteiger partial charge in [0.05, 0.1) is 0 Å². The first-order valence-corrected chi connectivity index (χ1v) is 6.66. The Morgan fingerprint density at radius 2 is 1.71 bits per heavy atom. The van der Waals surface area contributed by atoms with E-state index in [0.29, 0.717) is 12.1 Å². The van der Waals surface area contributed by atoms with Crippen molar-refractivity contribution in [3.05, 3.63) is 35.9 Å². The molecule has 96 valence electrons. The third-order valence-electron chi connectivity index (χ3n) is 3.59. The fraction of sp³-hybridized carbons (Fsp3) is 0.600. The first kappa shape index (κ1) is 14.2. The van der Waals surface area contributed by atoms with Gasteiger partial charge in [-0.2, -0.15) is 0 Å². The lowest BCUT2D eigenvalue weighted by Gasteiger charge is -2.34. The highest BCUT2D eigenvalue weighted by molar-refractivity contribution is 5.19. The fourth-order valence-corrected chi connectivity index (χ4v) is 2.48. The van der Waals surface area contributed by atoms with Crippen molar-refractivity contribution in [1.82, 2.24) is 10.2 Å². The summed E-state index contributed by atoms with van der Waals surface area (Å²) >= 11 is 0. The Hall–Kier alpha value is -0.860. The number of likely N-dealkylation sites (N-methyl/N-ethyl adjacent to an activating group) is 2. The second kappa shape index (κ2) is 7.46. The highest BCUT2D eigenvalue weighted by atomic mass is 15.2. The van der Waals surface area contributed by atoms with E-state index in [0.717, 1.165) is 6.54 Å². The summed E-state index contributed by atoms with van der Waals surface area (Å²) in [6.07, 6.45) is 2.42. The van der Waals surface area contributed by atoms with E-state index < -0.39 is 0 Å². The maximum absolute atomic E-state index is 3.31. The first-order valence-electron chi connectivity index (χ1n) is 6.66. The fourth-order valence-electron chi connectivity index (χ4n) is 2.48. The number of nitrogens with zero attached hydrogens (tertiary/aromatic N) is 1. The molecule has 1 atom stereocenters. The molecule has 0 radical (unpaired) electrons. The van der Waals surface area contributed by atoms with Crippen LogP contribution in [0.1, 0.15) is 38.3 Å². The summed E-state index contributed by atoms with van der Waals surface area (Å²) in [4.78, 5) is 2.51. The van der Waals surface area contributed by atoms with Crippen LogP contribution in [0.15, 0.2) is 30.3 Å². The van der Waals surface area contributed by atoms with Gasteiger partial charge in [-0.3, -0.25) is 4.90 Å². The van der Waals surface area contributed by atoms with Gasteiger partial charge in [0.25, 0.3) is 0 Å². The van der Waals surface area contributed by atoms with E-state index in [1.165, 1.54) is 18.4 Å². The summed E-state index contributed by atoms with van der Waals surface area (Å²) in [5, 5.41) is 3.31. The van der Waals surface area contributed by atoms with Crippen LogP contribution in [0.5, 0.6) is 0 Å². The molecule has 0 bridgehead atoms. The quantitative estimate of drug-likeness (QED) is 0.780. The van der Waals surface area contributed by atoms with Crippen molar-refractivity contribution in [1.29, 1.82) is 0 Å². The number of nitrogens with one attached hydrogen (secondary N) is 1. The molecule has 0 aromatic heterocycles. The van der Waals surface area contributed by atoms with Crippen molar-refractivity contribution >= 4 is 0 Å². The van der Waals surface area contributed by atoms with Crippen LogP contribution in [0, 0.1) is 0 Å². The van der Waals surface area contributed by atoms with Crippen LogP contribution >= 0.6 is 0 Å². The maximum atomic E-state index is 3.31. The lowest BCUT2D eigenvalue weighted by atomic mass is 10.0. The van der Waals surface area contributed by atoms with Crippen molar-refractivity contribution in [3.8, 4) is 0 Å². The van der Waals surface area contributed by atoms with Crippen LogP contribution in [-0.4, -0.2) is 31.6 Å². The first-order chi connectivity index (χ1) is 8.24. The van der Waals surface area contributed by atoms with Gasteiger partial charge in [0.2, 0.25) is 0 Å². The van der Waals surface area contributed by atoms with Crippen LogP contribution < -0.4 is 5.32 Å². The molecule has 0 aliphatic heterocycles. The minimum Gasteiger partial charge on any atom is -0.318 e. The summed E-state index contributed by atoms with van der Waals surface area (Å²) in [7, 11) is 4.27. The van der Waals surface area contributed by atoms with Crippen molar-refractivity contribution in [2.24, 2.45) is 0 Å². The zero-order chi connectivity index (χ0) is 12.7. The number of hydrogen-bond donors (Lipinski definition) is 1. The van der Waals surface area contributed by atoms with E-state index in [4.69, 9.17) is 0 Å². The molecule has 0 aliphatic rings. The molecule has 17 heavy (non-hydrogen) atoms. The van der Waals surface area contributed by atoms with Crippen LogP contribution in [0.4, 0.5) is 0 Å². The molecule has 0 amide bonds. The smallest absolute Gasteiger partial charge is 0.0472 e. The van der Waals surface area contributed by atoms with Gasteiger partial charge < -0.3 is 5.32 Å². The molecule has 0 fully saturated rings. The Bertz CT molecular complexity index is 293. The lowest BCUT2D eigenvalue weighted by molar-refractivity contribution is 0.162. The Morgan fingerprint density at radius 1 is 1.12 bits per heavy atom. The summed E-state index contributed by atoms with van der Waals surface area (Å²) in [6, 6.07) is 11.9. The third kappa shape index (κ3) is 3.83. The van der Waals surface area contributed by atoms with Crippen LogP contribution in [0.2, 0.25) is 0 Å². The van der Waals surface area contributed by atoms with E-state index in [1.807, 2.05) is 7.05 Å². The molecule has 0 saturated heterocycles. The largest absolute Gasteiger partial charge is 0.318 e. The molecule has 1 aromatic carbocycles. The van der Waals surface area contributed by atoms with Gasteiger partial charge >= 0.3 is 0 Å². The van der Waals surface area contributed by atoms with E-state index in [2.05, 4.69) is 61.4 Å². The maximum Gasteiger partial charge on any atom is 0.0472 e. The SMILES string of the molecule is CCC(CC)N(C)C(CNC)c1ccccc1. The second-order valence-corrected chi connectivity index (χ2v) is 4.62. The molecular formula is C15H26N2. The van der Waals surface area contributed by atoms with Crippen LogP contribution in [0.25, 0.3) is 0 Å². The van der Waals surface area contributed by atoms with Crippen molar-refractivity contribution in [2.75, 3.05) is 20.6 Å². The molecule has 2 nitrogen and oxygen atoms in total. The molecule has 1 N–H and O–H groups in total. The highest BCUT2D eigenvalue weighted by Gasteiger charge is 2.21. The van der Waals surface area contributed by atoms with Crippen LogP contribution in [-0.2, 0) is 0 Å². The lowest BCUT2D eigenvalue weighted by Crippen LogP contribution is -2.38. The topological polar surface area (TPSA) is 15.3 Å². The molecule has 0 aliphatic carbocycles. The van der Waals surface area contributed by atoms with Crippen molar-refractivity contribution in [2.45, 2.75) is 38.8 Å². The Balaban J connectivity index is 2.85. The van der Waals surface area contributed by atoms with E-state index in [9.17, 15) is 0 Å². The van der Waals surface area contributed by atoms with Crippen molar-refractivity contribution < 1.29 is 0 Å². The monoisotopic (exact) mass is 234 g/mol. The van der Waals surface area contributed by atoms with Gasteiger partial charge in [0, 0.05) is 18.6 Å².